The molecule has 1 aromatic carbocycles. The molecule has 1 unspecified atom stereocenters. The lowest BCUT2D eigenvalue weighted by atomic mass is 9.93. The number of hydrogen-bond acceptors (Lipinski definition) is 5. The highest BCUT2D eigenvalue weighted by Gasteiger charge is 2.40. The molecule has 124 valence electrons. The van der Waals surface area contributed by atoms with Gasteiger partial charge in [0.15, 0.2) is 0 Å². The van der Waals surface area contributed by atoms with Gasteiger partial charge in [-0.15, -0.1) is 0 Å². The minimum atomic E-state index is -0.534. The molecule has 0 aromatic heterocycles. The Morgan fingerprint density at radius 3 is 2.74 bits per heavy atom. The molecule has 0 spiro atoms. The maximum Gasteiger partial charge on any atom is 0.338 e. The van der Waals surface area contributed by atoms with Crippen molar-refractivity contribution in [3.8, 4) is 0 Å². The Morgan fingerprint density at radius 2 is 2.04 bits per heavy atom. The summed E-state index contributed by atoms with van der Waals surface area (Å²) in [6, 6.07) is 5.00. The zero-order valence-corrected chi connectivity index (χ0v) is 13.5. The fourth-order valence-electron chi connectivity index (χ4n) is 4.64. The van der Waals surface area contributed by atoms with Gasteiger partial charge in [-0.1, -0.05) is 6.07 Å². The van der Waals surface area contributed by atoms with Crippen LogP contribution in [0, 0.1) is 6.92 Å². The first-order valence-electron chi connectivity index (χ1n) is 8.53. The largest absolute Gasteiger partial charge is 0.457 e. The number of aliphatic hydroxyl groups excluding tert-OH is 1. The second-order valence-corrected chi connectivity index (χ2v) is 7.21. The molecule has 4 rings (SSSR count). The van der Waals surface area contributed by atoms with Crippen molar-refractivity contribution < 1.29 is 14.6 Å². The third-order valence-corrected chi connectivity index (χ3v) is 5.87. The van der Waals surface area contributed by atoms with E-state index >= 15 is 0 Å². The minimum absolute atomic E-state index is 0.257. The Hall–Kier alpha value is -1.43. The Kier molecular flexibility index (Phi) is 3.67. The van der Waals surface area contributed by atoms with Gasteiger partial charge in [0.05, 0.1) is 11.7 Å². The molecule has 5 nitrogen and oxygen atoms in total. The molecular weight excluding hydrogens is 292 g/mol. The third-order valence-electron chi connectivity index (χ3n) is 5.87. The number of ether oxygens (including phenoxy) is 1. The minimum Gasteiger partial charge on any atom is -0.457 e. The van der Waals surface area contributed by atoms with Crippen LogP contribution in [0.2, 0.25) is 0 Å². The van der Waals surface area contributed by atoms with E-state index in [-0.39, 0.29) is 5.97 Å². The number of esters is 1. The van der Waals surface area contributed by atoms with Crippen molar-refractivity contribution in [1.29, 1.82) is 0 Å². The van der Waals surface area contributed by atoms with Crippen LogP contribution in [-0.4, -0.2) is 40.6 Å². The van der Waals surface area contributed by atoms with Crippen LogP contribution in [0.25, 0.3) is 0 Å². The number of benzene rings is 1. The molecule has 2 fully saturated rings. The van der Waals surface area contributed by atoms with E-state index in [1.165, 1.54) is 12.8 Å². The smallest absolute Gasteiger partial charge is 0.338 e. The van der Waals surface area contributed by atoms with E-state index in [9.17, 15) is 9.90 Å². The fourth-order valence-corrected chi connectivity index (χ4v) is 4.64. The van der Waals surface area contributed by atoms with Crippen molar-refractivity contribution >= 4 is 5.97 Å². The van der Waals surface area contributed by atoms with Crippen LogP contribution in [0.4, 0.5) is 0 Å². The molecule has 1 aromatic rings. The lowest BCUT2D eigenvalue weighted by Crippen LogP contribution is -2.48. The summed E-state index contributed by atoms with van der Waals surface area (Å²) >= 11 is 0. The van der Waals surface area contributed by atoms with Crippen LogP contribution in [0.5, 0.6) is 0 Å². The normalized spacial score (nSPS) is 31.1. The first kappa shape index (κ1) is 15.1. The topological polar surface area (TPSA) is 75.8 Å². The maximum atomic E-state index is 11.6. The molecular formula is C18H24N2O3. The Labute approximate surface area is 136 Å². The molecule has 3 N–H and O–H groups in total. The van der Waals surface area contributed by atoms with Crippen LogP contribution >= 0.6 is 0 Å². The lowest BCUT2D eigenvalue weighted by Gasteiger charge is -2.39. The second-order valence-electron chi connectivity index (χ2n) is 7.21. The number of nitrogens with two attached hydrogens (primary N) is 1. The molecule has 0 aliphatic carbocycles. The Bertz CT molecular complexity index is 631. The van der Waals surface area contributed by atoms with Crippen LogP contribution in [0.1, 0.15) is 58.8 Å². The fraction of sp³-hybridized carbons (Fsp3) is 0.611. The summed E-state index contributed by atoms with van der Waals surface area (Å²) in [5, 5.41) is 10.8. The number of cyclic esters (lactones) is 1. The molecule has 0 saturated carbocycles. The van der Waals surface area contributed by atoms with E-state index in [1.807, 2.05) is 13.0 Å². The van der Waals surface area contributed by atoms with E-state index in [0.29, 0.717) is 36.8 Å². The number of carbonyl (C=O) groups is 1. The van der Waals surface area contributed by atoms with Crippen molar-refractivity contribution in [2.75, 3.05) is 6.54 Å². The van der Waals surface area contributed by atoms with Gasteiger partial charge in [-0.2, -0.15) is 0 Å². The number of piperidine rings is 1. The molecule has 2 saturated heterocycles. The van der Waals surface area contributed by atoms with Crippen LogP contribution < -0.4 is 5.73 Å². The monoisotopic (exact) mass is 316 g/mol. The predicted octanol–water partition coefficient (Wildman–Crippen LogP) is 1.65. The Morgan fingerprint density at radius 1 is 1.35 bits per heavy atom. The average Bonchev–Trinajstić information content (AvgIpc) is 2.99. The standard InChI is InChI=1S/C18H24N2O3/c1-10-14(4-5-15-16(10)9-23-18(15)22)17(21)8-20-12-2-3-13(20)7-11(19)6-12/h4-5,11-13,17,21H,2-3,6-9,19H2,1H3/t11?,12-,13+,17-/m0/s1. The molecule has 3 heterocycles. The maximum absolute atomic E-state index is 11.6. The summed E-state index contributed by atoms with van der Waals surface area (Å²) in [7, 11) is 0. The predicted molar refractivity (Wildman–Crippen MR) is 86.0 cm³/mol. The van der Waals surface area contributed by atoms with E-state index in [4.69, 9.17) is 10.5 Å². The zero-order chi connectivity index (χ0) is 16.1. The van der Waals surface area contributed by atoms with Crippen molar-refractivity contribution in [3.05, 3.63) is 34.4 Å². The zero-order valence-electron chi connectivity index (χ0n) is 13.5. The summed E-state index contributed by atoms with van der Waals surface area (Å²) in [6.45, 7) is 2.95. The third kappa shape index (κ3) is 2.47. The molecule has 5 heteroatoms. The lowest BCUT2D eigenvalue weighted by molar-refractivity contribution is 0.0534. The van der Waals surface area contributed by atoms with Crippen molar-refractivity contribution in [2.24, 2.45) is 5.73 Å². The molecule has 0 amide bonds. The number of carbonyl (C=O) groups excluding carboxylic acids is 1. The second kappa shape index (κ2) is 5.58. The molecule has 0 radical (unpaired) electrons. The number of nitrogens with zero attached hydrogens (tertiary/aromatic N) is 1. The highest BCUT2D eigenvalue weighted by Crippen LogP contribution is 2.37. The van der Waals surface area contributed by atoms with Gasteiger partial charge in [0, 0.05) is 30.2 Å². The van der Waals surface area contributed by atoms with Crippen molar-refractivity contribution in [2.45, 2.75) is 63.4 Å². The number of rotatable bonds is 3. The summed E-state index contributed by atoms with van der Waals surface area (Å²) in [5.74, 6) is -0.257. The quantitative estimate of drug-likeness (QED) is 0.829. The number of hydrogen-bond donors (Lipinski definition) is 2. The molecule has 4 atom stereocenters. The summed E-state index contributed by atoms with van der Waals surface area (Å²) in [5.41, 5.74) is 9.59. The van der Waals surface area contributed by atoms with Crippen molar-refractivity contribution in [3.63, 3.8) is 0 Å². The van der Waals surface area contributed by atoms with Gasteiger partial charge >= 0.3 is 5.97 Å². The van der Waals surface area contributed by atoms with Gasteiger partial charge in [0.1, 0.15) is 6.61 Å². The van der Waals surface area contributed by atoms with E-state index < -0.39 is 6.10 Å². The molecule has 3 aliphatic heterocycles. The number of fused-ring (bicyclic) bond motifs is 3. The SMILES string of the molecule is Cc1c([C@@H](O)CN2[C@@H]3CC[C@H]2CC(N)C3)ccc2c1COC2=O. The van der Waals surface area contributed by atoms with E-state index in [0.717, 1.165) is 29.5 Å². The van der Waals surface area contributed by atoms with Gasteiger partial charge in [0.2, 0.25) is 0 Å². The summed E-state index contributed by atoms with van der Waals surface area (Å²) in [6.07, 6.45) is 3.92. The summed E-state index contributed by atoms with van der Waals surface area (Å²) < 4.78 is 5.10. The van der Waals surface area contributed by atoms with E-state index in [2.05, 4.69) is 4.90 Å². The Balaban J connectivity index is 1.54. The van der Waals surface area contributed by atoms with Gasteiger partial charge in [0.25, 0.3) is 0 Å². The van der Waals surface area contributed by atoms with Gasteiger partial charge in [-0.25, -0.2) is 4.79 Å². The highest BCUT2D eigenvalue weighted by atomic mass is 16.5. The average molecular weight is 316 g/mol. The van der Waals surface area contributed by atoms with Crippen LogP contribution in [0.3, 0.4) is 0 Å². The highest BCUT2D eigenvalue weighted by molar-refractivity contribution is 5.93. The van der Waals surface area contributed by atoms with Gasteiger partial charge in [-0.3, -0.25) is 4.90 Å². The number of aliphatic hydroxyl groups is 1. The van der Waals surface area contributed by atoms with Gasteiger partial charge in [-0.05, 0) is 49.8 Å². The first-order valence-corrected chi connectivity index (χ1v) is 8.53. The first-order chi connectivity index (χ1) is 11.0. The van der Waals surface area contributed by atoms with Gasteiger partial charge < -0.3 is 15.6 Å². The van der Waals surface area contributed by atoms with Crippen molar-refractivity contribution in [1.82, 2.24) is 4.90 Å². The molecule has 2 bridgehead atoms. The van der Waals surface area contributed by atoms with E-state index in [1.54, 1.807) is 6.07 Å². The van der Waals surface area contributed by atoms with Crippen LogP contribution in [-0.2, 0) is 11.3 Å². The summed E-state index contributed by atoms with van der Waals surface area (Å²) in [4.78, 5) is 14.1. The van der Waals surface area contributed by atoms with Crippen LogP contribution in [0.15, 0.2) is 12.1 Å². The molecule has 3 aliphatic rings. The molecule has 23 heavy (non-hydrogen) atoms.